The first-order chi connectivity index (χ1) is 10.5. The van der Waals surface area contributed by atoms with Crippen LogP contribution in [0.25, 0.3) is 0 Å². The Morgan fingerprint density at radius 1 is 1.05 bits per heavy atom. The molecule has 22 heavy (non-hydrogen) atoms. The van der Waals surface area contributed by atoms with Crippen molar-refractivity contribution in [2.45, 2.75) is 69.1 Å². The number of carbonyl (C=O) groups excluding carboxylic acids is 1. The van der Waals surface area contributed by atoms with Crippen molar-refractivity contribution >= 4 is 11.8 Å². The topological polar surface area (TPSA) is 60.9 Å². The van der Waals surface area contributed by atoms with Crippen molar-refractivity contribution in [2.24, 2.45) is 0 Å². The SMILES string of the molecule is CN1C2CC[C@@H]1CC=C2C(=O)O.CN1C2CC[C@@H]1CCC2=O. The number of piperidine rings is 1. The number of rotatable bonds is 1. The van der Waals surface area contributed by atoms with E-state index in [-0.39, 0.29) is 6.04 Å². The molecule has 5 heteroatoms. The van der Waals surface area contributed by atoms with Gasteiger partial charge in [0.1, 0.15) is 5.78 Å². The number of hydrogen-bond donors (Lipinski definition) is 1. The number of hydrogen-bond acceptors (Lipinski definition) is 4. The largest absolute Gasteiger partial charge is 0.478 e. The maximum absolute atomic E-state index is 11.2. The number of Topliss-reactive ketones (excluding diaryl/α,β-unsaturated/α-hetero) is 1. The molecule has 0 amide bonds. The number of carboxylic acid groups (broad SMARTS) is 1. The van der Waals surface area contributed by atoms with Crippen molar-refractivity contribution < 1.29 is 14.7 Å². The number of nitrogens with zero attached hydrogens (tertiary/aromatic N) is 2. The number of aliphatic carboxylic acids is 1. The fourth-order valence-corrected chi connectivity index (χ4v) is 4.52. The van der Waals surface area contributed by atoms with Crippen molar-refractivity contribution in [2.75, 3.05) is 14.1 Å². The Kier molecular flexibility index (Phi) is 4.37. The van der Waals surface area contributed by atoms with Gasteiger partial charge in [0, 0.05) is 24.5 Å². The second-order valence-electron chi connectivity index (χ2n) is 7.03. The summed E-state index contributed by atoms with van der Waals surface area (Å²) in [5.74, 6) is -0.275. The standard InChI is InChI=1S/C9H13NO2.C8H13NO/c1-10-6-2-4-7(9(11)12)8(10)5-3-6;1-9-6-2-4-7(9)8(10)5-3-6/h4,6,8H,2-3,5H2,1H3,(H,11,12);6-7H,2-5H2,1H3/t6-,8?;6-,7?/m01/s1. The summed E-state index contributed by atoms with van der Waals surface area (Å²) < 4.78 is 0. The first-order valence-corrected chi connectivity index (χ1v) is 8.39. The lowest BCUT2D eigenvalue weighted by Crippen LogP contribution is -2.42. The minimum atomic E-state index is -0.743. The van der Waals surface area contributed by atoms with E-state index in [1.807, 2.05) is 13.1 Å². The van der Waals surface area contributed by atoms with Crippen molar-refractivity contribution in [3.8, 4) is 0 Å². The van der Waals surface area contributed by atoms with Crippen LogP contribution < -0.4 is 0 Å². The van der Waals surface area contributed by atoms with Crippen molar-refractivity contribution in [1.29, 1.82) is 0 Å². The Balaban J connectivity index is 0.000000133. The van der Waals surface area contributed by atoms with Crippen LogP contribution in [0.3, 0.4) is 0 Å². The molecule has 0 radical (unpaired) electrons. The number of ketones is 1. The van der Waals surface area contributed by atoms with Crippen molar-refractivity contribution in [1.82, 2.24) is 9.80 Å². The highest BCUT2D eigenvalue weighted by Gasteiger charge is 2.39. The lowest BCUT2D eigenvalue weighted by atomic mass is 10.0. The summed E-state index contributed by atoms with van der Waals surface area (Å²) >= 11 is 0. The fourth-order valence-electron chi connectivity index (χ4n) is 4.52. The molecular weight excluding hydrogens is 280 g/mol. The van der Waals surface area contributed by atoms with Crippen LogP contribution in [0.4, 0.5) is 0 Å². The highest BCUT2D eigenvalue weighted by atomic mass is 16.4. The predicted octanol–water partition coefficient (Wildman–Crippen LogP) is 1.68. The lowest BCUT2D eigenvalue weighted by molar-refractivity contribution is -0.133. The maximum Gasteiger partial charge on any atom is 0.332 e. The smallest absolute Gasteiger partial charge is 0.332 e. The third kappa shape index (κ3) is 2.72. The van der Waals surface area contributed by atoms with Crippen LogP contribution in [0.2, 0.25) is 0 Å². The Bertz CT molecular complexity index is 502. The number of carboxylic acids is 1. The van der Waals surface area contributed by atoms with Crippen LogP contribution >= 0.6 is 0 Å². The third-order valence-corrected chi connectivity index (χ3v) is 5.99. The summed E-state index contributed by atoms with van der Waals surface area (Å²) in [5.41, 5.74) is 0.603. The van der Waals surface area contributed by atoms with Gasteiger partial charge in [-0.05, 0) is 52.6 Å². The third-order valence-electron chi connectivity index (χ3n) is 5.99. The Labute approximate surface area is 132 Å². The Morgan fingerprint density at radius 2 is 1.68 bits per heavy atom. The molecular formula is C17H26N2O3. The number of likely N-dealkylation sites (N-methyl/N-ethyl adjacent to an activating group) is 2. The molecule has 4 bridgehead atoms. The quantitative estimate of drug-likeness (QED) is 0.798. The van der Waals surface area contributed by atoms with Gasteiger partial charge in [0.2, 0.25) is 0 Å². The van der Waals surface area contributed by atoms with Crippen LogP contribution in [-0.2, 0) is 9.59 Å². The van der Waals surface area contributed by atoms with Gasteiger partial charge in [-0.1, -0.05) is 6.08 Å². The van der Waals surface area contributed by atoms with E-state index in [1.54, 1.807) is 0 Å². The van der Waals surface area contributed by atoms with Crippen LogP contribution in [0.15, 0.2) is 11.6 Å². The molecule has 0 saturated carbocycles. The van der Waals surface area contributed by atoms with E-state index in [1.165, 1.54) is 6.42 Å². The molecule has 4 atom stereocenters. The van der Waals surface area contributed by atoms with Gasteiger partial charge in [-0.15, -0.1) is 0 Å². The summed E-state index contributed by atoms with van der Waals surface area (Å²) in [4.78, 5) is 26.5. The van der Waals surface area contributed by atoms with Crippen molar-refractivity contribution in [3.63, 3.8) is 0 Å². The van der Waals surface area contributed by atoms with Gasteiger partial charge in [-0.3, -0.25) is 14.6 Å². The fraction of sp³-hybridized carbons (Fsp3) is 0.765. The van der Waals surface area contributed by atoms with E-state index < -0.39 is 5.97 Å². The molecule has 122 valence electrons. The zero-order valence-electron chi connectivity index (χ0n) is 13.5. The molecule has 4 rings (SSSR count). The molecule has 1 N–H and O–H groups in total. The van der Waals surface area contributed by atoms with Gasteiger partial charge in [-0.2, -0.15) is 0 Å². The summed E-state index contributed by atoms with van der Waals surface area (Å²) in [5, 5.41) is 8.88. The second-order valence-corrected chi connectivity index (χ2v) is 7.03. The highest BCUT2D eigenvalue weighted by Crippen LogP contribution is 2.34. The van der Waals surface area contributed by atoms with Crippen LogP contribution in [-0.4, -0.2) is 64.9 Å². The average molecular weight is 306 g/mol. The average Bonchev–Trinajstić information content (AvgIpc) is 2.85. The Morgan fingerprint density at radius 3 is 2.36 bits per heavy atom. The van der Waals surface area contributed by atoms with Gasteiger partial charge in [-0.25, -0.2) is 4.79 Å². The van der Waals surface area contributed by atoms with E-state index in [0.29, 0.717) is 23.4 Å². The molecule has 4 aliphatic heterocycles. The molecule has 0 aromatic carbocycles. The van der Waals surface area contributed by atoms with Gasteiger partial charge in [0.25, 0.3) is 0 Å². The van der Waals surface area contributed by atoms with Crippen LogP contribution in [0, 0.1) is 0 Å². The molecule has 0 aliphatic carbocycles. The summed E-state index contributed by atoms with van der Waals surface area (Å²) in [7, 11) is 4.11. The zero-order valence-corrected chi connectivity index (χ0v) is 13.5. The van der Waals surface area contributed by atoms with E-state index in [0.717, 1.165) is 44.6 Å². The molecule has 4 heterocycles. The van der Waals surface area contributed by atoms with Gasteiger partial charge in [0.05, 0.1) is 11.6 Å². The monoisotopic (exact) mass is 306 g/mol. The lowest BCUT2D eigenvalue weighted by Gasteiger charge is -2.29. The normalized spacial score (nSPS) is 37.5. The minimum Gasteiger partial charge on any atom is -0.478 e. The molecule has 3 fully saturated rings. The molecule has 2 unspecified atom stereocenters. The summed E-state index contributed by atoms with van der Waals surface area (Å²) in [6.07, 6.45) is 9.26. The Hall–Kier alpha value is -1.20. The van der Waals surface area contributed by atoms with Crippen LogP contribution in [0.1, 0.15) is 44.9 Å². The zero-order chi connectivity index (χ0) is 15.9. The highest BCUT2D eigenvalue weighted by molar-refractivity contribution is 5.88. The first-order valence-electron chi connectivity index (χ1n) is 8.39. The van der Waals surface area contributed by atoms with Crippen molar-refractivity contribution in [3.05, 3.63) is 11.6 Å². The molecule has 0 spiro atoms. The molecule has 5 nitrogen and oxygen atoms in total. The van der Waals surface area contributed by atoms with E-state index >= 15 is 0 Å². The van der Waals surface area contributed by atoms with Gasteiger partial charge >= 0.3 is 5.97 Å². The number of fused-ring (bicyclic) bond motifs is 4. The molecule has 3 saturated heterocycles. The van der Waals surface area contributed by atoms with Crippen LogP contribution in [0.5, 0.6) is 0 Å². The molecule has 0 aromatic heterocycles. The maximum atomic E-state index is 11.2. The molecule has 4 aliphatic rings. The first kappa shape index (κ1) is 15.7. The minimum absolute atomic E-state index is 0.182. The summed E-state index contributed by atoms with van der Waals surface area (Å²) in [6.45, 7) is 0. The second kappa shape index (κ2) is 6.13. The number of carbonyl (C=O) groups is 2. The van der Waals surface area contributed by atoms with E-state index in [4.69, 9.17) is 5.11 Å². The summed E-state index contributed by atoms with van der Waals surface area (Å²) in [6, 6.07) is 1.79. The van der Waals surface area contributed by atoms with Gasteiger partial charge in [0.15, 0.2) is 0 Å². The predicted molar refractivity (Wildman–Crippen MR) is 83.7 cm³/mol. The molecule has 0 aromatic rings. The van der Waals surface area contributed by atoms with E-state index in [2.05, 4.69) is 16.8 Å². The van der Waals surface area contributed by atoms with Gasteiger partial charge < -0.3 is 5.11 Å². The van der Waals surface area contributed by atoms with E-state index in [9.17, 15) is 9.59 Å².